The second kappa shape index (κ2) is 9.33. The van der Waals surface area contributed by atoms with Crippen LogP contribution in [0.15, 0.2) is 53.4 Å². The molecule has 2 aromatic rings. The van der Waals surface area contributed by atoms with Gasteiger partial charge in [0.2, 0.25) is 5.91 Å². The van der Waals surface area contributed by atoms with Crippen molar-refractivity contribution >= 4 is 39.0 Å². The highest BCUT2D eigenvalue weighted by atomic mass is 32.2. The molecule has 2 amide bonds. The molecule has 0 bridgehead atoms. The van der Waals surface area contributed by atoms with Crippen molar-refractivity contribution < 1.29 is 27.5 Å². The molecule has 2 aromatic carbocycles. The van der Waals surface area contributed by atoms with E-state index in [0.717, 1.165) is 0 Å². The van der Waals surface area contributed by atoms with Crippen molar-refractivity contribution in [1.82, 2.24) is 0 Å². The fourth-order valence-electron chi connectivity index (χ4n) is 2.42. The molecule has 0 aliphatic heterocycles. The predicted octanol–water partition coefficient (Wildman–Crippen LogP) is 2.62. The van der Waals surface area contributed by atoms with Crippen LogP contribution < -0.4 is 10.6 Å². The lowest BCUT2D eigenvalue weighted by molar-refractivity contribution is -0.123. The van der Waals surface area contributed by atoms with Gasteiger partial charge < -0.3 is 15.4 Å². The molecular formula is C20H22N2O6S. The van der Waals surface area contributed by atoms with Gasteiger partial charge in [0.25, 0.3) is 5.91 Å². The van der Waals surface area contributed by atoms with E-state index in [2.05, 4.69) is 10.6 Å². The van der Waals surface area contributed by atoms with Gasteiger partial charge in [-0.3, -0.25) is 9.59 Å². The van der Waals surface area contributed by atoms with E-state index < -0.39 is 27.8 Å². The number of carbonyl (C=O) groups excluding carboxylic acids is 3. The van der Waals surface area contributed by atoms with E-state index in [1.165, 1.54) is 45.0 Å². The minimum atomic E-state index is -3.62. The minimum Gasteiger partial charge on any atom is -0.449 e. The molecule has 0 spiro atoms. The SMILES string of the molecule is CCS(=O)(=O)c1ccccc1C(=O)O[C@H](C)C(=O)Nc1ccc(NC(C)=O)cc1. The van der Waals surface area contributed by atoms with E-state index in [0.29, 0.717) is 11.4 Å². The highest BCUT2D eigenvalue weighted by Gasteiger charge is 2.25. The summed E-state index contributed by atoms with van der Waals surface area (Å²) in [6.45, 7) is 4.25. The summed E-state index contributed by atoms with van der Waals surface area (Å²) in [6.07, 6.45) is -1.16. The van der Waals surface area contributed by atoms with Crippen LogP contribution in [0.3, 0.4) is 0 Å². The summed E-state index contributed by atoms with van der Waals surface area (Å²) in [5, 5.41) is 5.19. The van der Waals surface area contributed by atoms with Gasteiger partial charge in [-0.05, 0) is 43.3 Å². The number of ether oxygens (including phenoxy) is 1. The van der Waals surface area contributed by atoms with Crippen molar-refractivity contribution in [2.75, 3.05) is 16.4 Å². The Morgan fingerprint density at radius 1 is 0.966 bits per heavy atom. The number of rotatable bonds is 7. The second-order valence-electron chi connectivity index (χ2n) is 6.19. The van der Waals surface area contributed by atoms with E-state index in [9.17, 15) is 22.8 Å². The van der Waals surface area contributed by atoms with Gasteiger partial charge in [-0.1, -0.05) is 19.1 Å². The maximum atomic E-state index is 12.4. The van der Waals surface area contributed by atoms with E-state index in [-0.39, 0.29) is 22.1 Å². The molecule has 0 unspecified atom stereocenters. The summed E-state index contributed by atoms with van der Waals surface area (Å²) < 4.78 is 29.5. The van der Waals surface area contributed by atoms with Gasteiger partial charge >= 0.3 is 5.97 Å². The standard InChI is InChI=1S/C20H22N2O6S/c1-4-29(26,27)18-8-6-5-7-17(18)20(25)28-13(2)19(24)22-16-11-9-15(10-12-16)21-14(3)23/h5-13H,4H2,1-3H3,(H,21,23)(H,22,24)/t13-/m1/s1. The van der Waals surface area contributed by atoms with E-state index in [1.54, 1.807) is 24.3 Å². The van der Waals surface area contributed by atoms with Crippen LogP contribution in [0, 0.1) is 0 Å². The quantitative estimate of drug-likeness (QED) is 0.667. The summed E-state index contributed by atoms with van der Waals surface area (Å²) in [7, 11) is -3.62. The first kappa shape index (κ1) is 22.1. The van der Waals surface area contributed by atoms with Gasteiger partial charge in [-0.15, -0.1) is 0 Å². The molecule has 9 heteroatoms. The van der Waals surface area contributed by atoms with E-state index >= 15 is 0 Å². The molecule has 0 saturated heterocycles. The lowest BCUT2D eigenvalue weighted by Crippen LogP contribution is -2.30. The summed E-state index contributed by atoms with van der Waals surface area (Å²) >= 11 is 0. The summed E-state index contributed by atoms with van der Waals surface area (Å²) in [5.41, 5.74) is 0.901. The fraction of sp³-hybridized carbons (Fsp3) is 0.250. The number of esters is 1. The summed E-state index contributed by atoms with van der Waals surface area (Å²) in [6, 6.07) is 12.1. The number of hydrogen-bond acceptors (Lipinski definition) is 6. The first-order chi connectivity index (χ1) is 13.6. The molecule has 29 heavy (non-hydrogen) atoms. The number of anilines is 2. The minimum absolute atomic E-state index is 0.117. The van der Waals surface area contributed by atoms with Crippen molar-refractivity contribution in [2.24, 2.45) is 0 Å². The average molecular weight is 418 g/mol. The zero-order chi connectivity index (χ0) is 21.6. The highest BCUT2D eigenvalue weighted by Crippen LogP contribution is 2.19. The van der Waals surface area contributed by atoms with Crippen molar-refractivity contribution in [3.05, 3.63) is 54.1 Å². The number of carbonyl (C=O) groups is 3. The molecule has 0 saturated carbocycles. The molecule has 0 heterocycles. The maximum Gasteiger partial charge on any atom is 0.340 e. The molecule has 154 valence electrons. The Bertz CT molecular complexity index is 1020. The fourth-order valence-corrected chi connectivity index (χ4v) is 3.51. The zero-order valence-corrected chi connectivity index (χ0v) is 17.1. The number of hydrogen-bond donors (Lipinski definition) is 2. The van der Waals surface area contributed by atoms with Gasteiger partial charge in [0.1, 0.15) is 0 Å². The molecule has 0 fully saturated rings. The Labute approximate surface area is 169 Å². The summed E-state index contributed by atoms with van der Waals surface area (Å²) in [4.78, 5) is 35.6. The summed E-state index contributed by atoms with van der Waals surface area (Å²) in [5.74, 6) is -1.86. The average Bonchev–Trinajstić information content (AvgIpc) is 2.69. The van der Waals surface area contributed by atoms with Gasteiger partial charge in [-0.25, -0.2) is 13.2 Å². The Morgan fingerprint density at radius 2 is 1.52 bits per heavy atom. The van der Waals surface area contributed by atoms with Gasteiger partial charge in [0.05, 0.1) is 16.2 Å². The van der Waals surface area contributed by atoms with Crippen LogP contribution >= 0.6 is 0 Å². The van der Waals surface area contributed by atoms with Crippen molar-refractivity contribution in [1.29, 1.82) is 0 Å². The molecule has 0 aromatic heterocycles. The van der Waals surface area contributed by atoms with Crippen LogP contribution in [-0.2, 0) is 24.2 Å². The monoisotopic (exact) mass is 418 g/mol. The molecule has 2 rings (SSSR count). The Hall–Kier alpha value is -3.20. The molecule has 0 aliphatic carbocycles. The molecule has 0 radical (unpaired) electrons. The molecular weight excluding hydrogens is 396 g/mol. The number of sulfone groups is 1. The second-order valence-corrected chi connectivity index (χ2v) is 8.44. The molecule has 8 nitrogen and oxygen atoms in total. The lowest BCUT2D eigenvalue weighted by atomic mass is 10.2. The third-order valence-corrected chi connectivity index (χ3v) is 5.73. The van der Waals surface area contributed by atoms with Crippen molar-refractivity contribution in [3.8, 4) is 0 Å². The number of benzene rings is 2. The number of amides is 2. The normalized spacial score (nSPS) is 12.0. The highest BCUT2D eigenvalue weighted by molar-refractivity contribution is 7.91. The smallest absolute Gasteiger partial charge is 0.340 e. The van der Waals surface area contributed by atoms with Crippen LogP contribution in [0.1, 0.15) is 31.1 Å². The van der Waals surface area contributed by atoms with Crippen LogP contribution in [0.4, 0.5) is 11.4 Å². The topological polar surface area (TPSA) is 119 Å². The van der Waals surface area contributed by atoms with Crippen LogP contribution in [0.25, 0.3) is 0 Å². The van der Waals surface area contributed by atoms with Gasteiger partial charge in [-0.2, -0.15) is 0 Å². The first-order valence-electron chi connectivity index (χ1n) is 8.85. The lowest BCUT2D eigenvalue weighted by Gasteiger charge is -2.15. The maximum absolute atomic E-state index is 12.4. The van der Waals surface area contributed by atoms with Crippen molar-refractivity contribution in [3.63, 3.8) is 0 Å². The van der Waals surface area contributed by atoms with Crippen LogP contribution in [-0.4, -0.2) is 38.1 Å². The first-order valence-corrected chi connectivity index (χ1v) is 10.5. The van der Waals surface area contributed by atoms with Gasteiger partial charge in [0, 0.05) is 18.3 Å². The Kier molecular flexibility index (Phi) is 7.11. The molecule has 2 N–H and O–H groups in total. The van der Waals surface area contributed by atoms with Crippen LogP contribution in [0.5, 0.6) is 0 Å². The van der Waals surface area contributed by atoms with Crippen LogP contribution in [0.2, 0.25) is 0 Å². The zero-order valence-electron chi connectivity index (χ0n) is 16.3. The van der Waals surface area contributed by atoms with E-state index in [4.69, 9.17) is 4.74 Å². The Morgan fingerprint density at radius 3 is 2.07 bits per heavy atom. The van der Waals surface area contributed by atoms with Gasteiger partial charge in [0.15, 0.2) is 15.9 Å². The third-order valence-electron chi connectivity index (χ3n) is 3.95. The van der Waals surface area contributed by atoms with E-state index in [1.807, 2.05) is 0 Å². The Balaban J connectivity index is 2.07. The number of nitrogens with one attached hydrogen (secondary N) is 2. The molecule has 1 atom stereocenters. The van der Waals surface area contributed by atoms with Crippen molar-refractivity contribution in [2.45, 2.75) is 31.8 Å². The predicted molar refractivity (Wildman–Crippen MR) is 108 cm³/mol. The third kappa shape index (κ3) is 5.89. The largest absolute Gasteiger partial charge is 0.449 e. The molecule has 0 aliphatic rings.